The zero-order valence-electron chi connectivity index (χ0n) is 16.6. The quantitative estimate of drug-likeness (QED) is 0.203. The minimum absolute atomic E-state index is 0.336. The van der Waals surface area contributed by atoms with Gasteiger partial charge in [-0.2, -0.15) is 0 Å². The first-order valence-electron chi connectivity index (χ1n) is 11.1. The molecule has 0 aromatic heterocycles. The van der Waals surface area contributed by atoms with Gasteiger partial charge in [-0.1, -0.05) is 96.8 Å². The van der Waals surface area contributed by atoms with Gasteiger partial charge in [-0.05, 0) is 19.3 Å². The Kier molecular flexibility index (Phi) is 14.1. The Labute approximate surface area is 155 Å². The monoisotopic (exact) mass is 354 g/mol. The Bertz CT molecular complexity index is 316. The third-order valence-electron chi connectivity index (χ3n) is 5.41. The lowest BCUT2D eigenvalue weighted by atomic mass is 10.0. The van der Waals surface area contributed by atoms with Gasteiger partial charge in [0.15, 0.2) is 0 Å². The maximum atomic E-state index is 10.4. The van der Waals surface area contributed by atoms with Gasteiger partial charge in [0.05, 0.1) is 12.2 Å². The van der Waals surface area contributed by atoms with E-state index in [1.165, 1.54) is 96.3 Å². The molecule has 3 nitrogen and oxygen atoms in total. The van der Waals surface area contributed by atoms with E-state index in [0.717, 1.165) is 12.8 Å². The van der Waals surface area contributed by atoms with E-state index in [1.54, 1.807) is 0 Å². The van der Waals surface area contributed by atoms with Crippen LogP contribution in [0.3, 0.4) is 0 Å². The molecule has 148 valence electrons. The van der Waals surface area contributed by atoms with Crippen molar-refractivity contribution in [3.8, 4) is 0 Å². The van der Waals surface area contributed by atoms with Gasteiger partial charge in [0.25, 0.3) is 0 Å². The molecule has 1 heterocycles. The summed E-state index contributed by atoms with van der Waals surface area (Å²) in [6.45, 7) is 2.27. The Balaban J connectivity index is 1.72. The van der Waals surface area contributed by atoms with Crippen LogP contribution in [0, 0.1) is 0 Å². The number of hydrogen-bond donors (Lipinski definition) is 1. The molecule has 0 bridgehead atoms. The van der Waals surface area contributed by atoms with Crippen LogP contribution in [-0.2, 0) is 9.53 Å². The number of epoxide rings is 1. The van der Waals surface area contributed by atoms with Gasteiger partial charge in [0.2, 0.25) is 0 Å². The molecule has 2 atom stereocenters. The molecule has 1 fully saturated rings. The van der Waals surface area contributed by atoms with Crippen LogP contribution in [0.2, 0.25) is 0 Å². The number of carboxylic acid groups (broad SMARTS) is 1. The van der Waals surface area contributed by atoms with E-state index >= 15 is 0 Å². The molecule has 1 N–H and O–H groups in total. The van der Waals surface area contributed by atoms with Crippen LogP contribution in [-0.4, -0.2) is 23.3 Å². The van der Waals surface area contributed by atoms with Crippen molar-refractivity contribution in [2.45, 2.75) is 135 Å². The summed E-state index contributed by atoms with van der Waals surface area (Å²) in [5, 5.41) is 8.57. The number of unbranched alkanes of at least 4 members (excludes halogenated alkanes) is 13. The van der Waals surface area contributed by atoms with E-state index in [9.17, 15) is 4.79 Å². The average molecular weight is 355 g/mol. The third kappa shape index (κ3) is 14.3. The van der Waals surface area contributed by atoms with E-state index in [4.69, 9.17) is 9.84 Å². The Morgan fingerprint density at radius 2 is 1.08 bits per heavy atom. The summed E-state index contributed by atoms with van der Waals surface area (Å²) in [5.41, 5.74) is 0. The fourth-order valence-electron chi connectivity index (χ4n) is 3.67. The number of carboxylic acids is 1. The highest BCUT2D eigenvalue weighted by molar-refractivity contribution is 5.66. The number of ether oxygens (including phenoxy) is 1. The number of hydrogen-bond acceptors (Lipinski definition) is 2. The molecular formula is C22H42O3. The summed E-state index contributed by atoms with van der Waals surface area (Å²) >= 11 is 0. The van der Waals surface area contributed by atoms with Crippen molar-refractivity contribution >= 4 is 5.97 Å². The minimum Gasteiger partial charge on any atom is -0.481 e. The standard InChI is InChI=1S/C22H42O3/c1-2-3-4-5-11-14-17-20-21(25-20)18-15-12-9-7-6-8-10-13-16-19-22(23)24/h20-21H,2-19H2,1H3,(H,23,24). The molecule has 3 heteroatoms. The third-order valence-corrected chi connectivity index (χ3v) is 5.41. The molecule has 0 radical (unpaired) electrons. The van der Waals surface area contributed by atoms with E-state index < -0.39 is 5.97 Å². The lowest BCUT2D eigenvalue weighted by molar-refractivity contribution is -0.137. The fourth-order valence-corrected chi connectivity index (χ4v) is 3.67. The molecule has 25 heavy (non-hydrogen) atoms. The molecule has 2 unspecified atom stereocenters. The van der Waals surface area contributed by atoms with Crippen LogP contribution in [0.15, 0.2) is 0 Å². The van der Waals surface area contributed by atoms with Crippen molar-refractivity contribution in [1.29, 1.82) is 0 Å². The van der Waals surface area contributed by atoms with Crippen LogP contribution >= 0.6 is 0 Å². The lowest BCUT2D eigenvalue weighted by Gasteiger charge is -2.02. The first kappa shape index (κ1) is 22.5. The Hall–Kier alpha value is -0.570. The summed E-state index contributed by atoms with van der Waals surface area (Å²) in [6.07, 6.45) is 23.4. The van der Waals surface area contributed by atoms with E-state index in [2.05, 4.69) is 6.92 Å². The van der Waals surface area contributed by atoms with E-state index in [0.29, 0.717) is 18.6 Å². The van der Waals surface area contributed by atoms with Crippen LogP contribution in [0.5, 0.6) is 0 Å². The molecule has 0 aromatic rings. The van der Waals surface area contributed by atoms with Crippen molar-refractivity contribution in [1.82, 2.24) is 0 Å². The summed E-state index contributed by atoms with van der Waals surface area (Å²) in [4.78, 5) is 10.4. The zero-order chi connectivity index (χ0) is 18.2. The molecule has 1 rings (SSSR count). The highest BCUT2D eigenvalue weighted by Gasteiger charge is 2.36. The van der Waals surface area contributed by atoms with E-state index in [1.807, 2.05) is 0 Å². The highest BCUT2D eigenvalue weighted by atomic mass is 16.6. The van der Waals surface area contributed by atoms with Crippen LogP contribution in [0.1, 0.15) is 122 Å². The lowest BCUT2D eigenvalue weighted by Crippen LogP contribution is -1.95. The normalized spacial score (nSPS) is 19.2. The summed E-state index contributed by atoms with van der Waals surface area (Å²) < 4.78 is 5.80. The van der Waals surface area contributed by atoms with Gasteiger partial charge in [0, 0.05) is 6.42 Å². The topological polar surface area (TPSA) is 49.8 Å². The van der Waals surface area contributed by atoms with Crippen molar-refractivity contribution in [3.05, 3.63) is 0 Å². The first-order chi connectivity index (χ1) is 12.2. The van der Waals surface area contributed by atoms with Gasteiger partial charge < -0.3 is 9.84 Å². The number of carbonyl (C=O) groups is 1. The molecule has 0 saturated carbocycles. The predicted molar refractivity (Wildman–Crippen MR) is 105 cm³/mol. The van der Waals surface area contributed by atoms with Gasteiger partial charge in [-0.25, -0.2) is 0 Å². The zero-order valence-corrected chi connectivity index (χ0v) is 16.6. The Morgan fingerprint density at radius 3 is 1.52 bits per heavy atom. The smallest absolute Gasteiger partial charge is 0.303 e. The SMILES string of the molecule is CCCCCCCCC1OC1CCCCCCCCCCCC(=O)O. The molecule has 1 saturated heterocycles. The molecule has 0 aromatic carbocycles. The number of aliphatic carboxylic acids is 1. The second-order valence-corrected chi connectivity index (χ2v) is 7.88. The van der Waals surface area contributed by atoms with Gasteiger partial charge in [-0.3, -0.25) is 4.79 Å². The minimum atomic E-state index is -0.658. The van der Waals surface area contributed by atoms with Crippen LogP contribution in [0.4, 0.5) is 0 Å². The largest absolute Gasteiger partial charge is 0.481 e. The maximum absolute atomic E-state index is 10.4. The predicted octanol–water partition coefficient (Wildman–Crippen LogP) is 6.88. The second kappa shape index (κ2) is 15.7. The molecule has 1 aliphatic heterocycles. The van der Waals surface area contributed by atoms with Gasteiger partial charge in [0.1, 0.15) is 0 Å². The van der Waals surface area contributed by atoms with Gasteiger partial charge in [-0.15, -0.1) is 0 Å². The fraction of sp³-hybridized carbons (Fsp3) is 0.955. The van der Waals surface area contributed by atoms with E-state index in [-0.39, 0.29) is 0 Å². The Morgan fingerprint density at radius 1 is 0.680 bits per heavy atom. The summed E-state index contributed by atoms with van der Waals surface area (Å²) in [7, 11) is 0. The second-order valence-electron chi connectivity index (χ2n) is 7.88. The van der Waals surface area contributed by atoms with Gasteiger partial charge >= 0.3 is 5.97 Å². The van der Waals surface area contributed by atoms with Crippen LogP contribution in [0.25, 0.3) is 0 Å². The maximum Gasteiger partial charge on any atom is 0.303 e. The van der Waals surface area contributed by atoms with Crippen molar-refractivity contribution in [3.63, 3.8) is 0 Å². The molecule has 0 aliphatic carbocycles. The average Bonchev–Trinajstić information content (AvgIpc) is 3.34. The van der Waals surface area contributed by atoms with Crippen molar-refractivity contribution < 1.29 is 14.6 Å². The molecule has 0 amide bonds. The van der Waals surface area contributed by atoms with Crippen molar-refractivity contribution in [2.75, 3.05) is 0 Å². The number of rotatable bonds is 19. The summed E-state index contributed by atoms with van der Waals surface area (Å²) in [5.74, 6) is -0.658. The van der Waals surface area contributed by atoms with Crippen molar-refractivity contribution in [2.24, 2.45) is 0 Å². The molecule has 1 aliphatic rings. The first-order valence-corrected chi connectivity index (χ1v) is 11.1. The molecule has 0 spiro atoms. The highest BCUT2D eigenvalue weighted by Crippen LogP contribution is 2.31. The van der Waals surface area contributed by atoms with Crippen LogP contribution < -0.4 is 0 Å². The summed E-state index contributed by atoms with van der Waals surface area (Å²) in [6, 6.07) is 0. The molecular weight excluding hydrogens is 312 g/mol.